The van der Waals surface area contributed by atoms with Gasteiger partial charge in [-0.05, 0) is 35.2 Å². The zero-order valence-electron chi connectivity index (χ0n) is 19.5. The van der Waals surface area contributed by atoms with Crippen molar-refractivity contribution >= 4 is 19.0 Å². The van der Waals surface area contributed by atoms with Crippen LogP contribution in [0.4, 0.5) is 0 Å². The number of likely N-dealkylation sites (tertiary alicyclic amines) is 1. The van der Waals surface area contributed by atoms with Crippen molar-refractivity contribution in [3.8, 4) is 5.75 Å². The summed E-state index contributed by atoms with van der Waals surface area (Å²) in [4.78, 5) is 2.62. The van der Waals surface area contributed by atoms with Crippen LogP contribution in [-0.4, -0.2) is 32.7 Å². The van der Waals surface area contributed by atoms with Crippen LogP contribution in [0.25, 0.3) is 5.70 Å². The molecule has 0 amide bonds. The van der Waals surface area contributed by atoms with E-state index in [-0.39, 0.29) is 0 Å². The van der Waals surface area contributed by atoms with Gasteiger partial charge in [0.15, 0.2) is 0 Å². The third-order valence-electron chi connectivity index (χ3n) is 7.47. The van der Waals surface area contributed by atoms with Crippen molar-refractivity contribution in [1.82, 2.24) is 4.90 Å². The fourth-order valence-electron chi connectivity index (χ4n) is 5.70. The highest BCUT2D eigenvalue weighted by atomic mass is 28.3. The fourth-order valence-corrected chi connectivity index (χ4v) is 9.02. The molecule has 5 rings (SSSR count). The van der Waals surface area contributed by atoms with Crippen LogP contribution in [0.2, 0.25) is 13.1 Å². The molecule has 2 aromatic rings. The Morgan fingerprint density at radius 3 is 2.81 bits per heavy atom. The summed E-state index contributed by atoms with van der Waals surface area (Å²) in [5.41, 5.74) is 7.57. The van der Waals surface area contributed by atoms with Gasteiger partial charge >= 0.3 is 0 Å². The molecule has 0 aromatic heterocycles. The molecule has 1 fully saturated rings. The predicted octanol–water partition coefficient (Wildman–Crippen LogP) is 5.97. The third-order valence-corrected chi connectivity index (χ3v) is 11.3. The van der Waals surface area contributed by atoms with E-state index in [1.165, 1.54) is 34.0 Å². The molecular formula is C29H33NOSi. The van der Waals surface area contributed by atoms with E-state index in [0.29, 0.717) is 18.1 Å². The first kappa shape index (κ1) is 21.1. The van der Waals surface area contributed by atoms with Crippen molar-refractivity contribution in [2.75, 3.05) is 19.7 Å². The topological polar surface area (TPSA) is 12.5 Å². The molecule has 2 atom stereocenters. The molecule has 3 aliphatic rings. The van der Waals surface area contributed by atoms with E-state index in [2.05, 4.69) is 98.3 Å². The van der Waals surface area contributed by atoms with E-state index < -0.39 is 8.07 Å². The highest BCUT2D eigenvalue weighted by Gasteiger charge is 2.42. The van der Waals surface area contributed by atoms with E-state index in [9.17, 15) is 0 Å². The van der Waals surface area contributed by atoms with Gasteiger partial charge < -0.3 is 9.64 Å². The van der Waals surface area contributed by atoms with Gasteiger partial charge in [-0.25, -0.2) is 0 Å². The Hall–Kier alpha value is -2.78. The van der Waals surface area contributed by atoms with Crippen molar-refractivity contribution in [3.63, 3.8) is 0 Å². The summed E-state index contributed by atoms with van der Waals surface area (Å²) in [5, 5.41) is 1.40. The van der Waals surface area contributed by atoms with Crippen LogP contribution < -0.4 is 9.92 Å². The normalized spacial score (nSPS) is 21.7. The lowest BCUT2D eigenvalue weighted by Crippen LogP contribution is -2.47. The number of fused-ring (bicyclic) bond motifs is 2. The Kier molecular flexibility index (Phi) is 5.46. The number of hydrogen-bond donors (Lipinski definition) is 0. The van der Waals surface area contributed by atoms with Crippen LogP contribution in [0.1, 0.15) is 28.7 Å². The maximum Gasteiger partial charge on any atom is 0.121 e. The van der Waals surface area contributed by atoms with Crippen molar-refractivity contribution in [2.45, 2.75) is 32.0 Å². The summed E-state index contributed by atoms with van der Waals surface area (Å²) in [6.07, 6.45) is 12.5. The molecule has 0 saturated carbocycles. The maximum atomic E-state index is 6.21. The first-order chi connectivity index (χ1) is 15.5. The van der Waals surface area contributed by atoms with Gasteiger partial charge in [0, 0.05) is 35.8 Å². The van der Waals surface area contributed by atoms with E-state index >= 15 is 0 Å². The number of aryl methyl sites for hydroxylation is 1. The molecule has 1 aliphatic heterocycles. The number of allylic oxidation sites excluding steroid dienone is 4. The number of hydrogen-bond acceptors (Lipinski definition) is 2. The van der Waals surface area contributed by atoms with Crippen LogP contribution in [0, 0.1) is 12.8 Å². The largest absolute Gasteiger partial charge is 0.489 e. The molecule has 1 heterocycles. The summed E-state index contributed by atoms with van der Waals surface area (Å²) < 4.78 is 6.21. The minimum atomic E-state index is -1.94. The molecule has 3 heteroatoms. The second-order valence-electron chi connectivity index (χ2n) is 9.87. The standard InChI is InChI=1S/C29H33NOSi/c1-5-17-31-29-21(2)11-10-16-27(29)32(3,4)28-18-26(24-14-8-9-15-25(24)28)30-19-22-12-6-7-13-23(22)20-30/h5-12,14-16,18,23,28H,1,13,17,19-20H2,2-4H3. The number of benzene rings is 2. The minimum Gasteiger partial charge on any atom is -0.489 e. The zero-order chi connectivity index (χ0) is 22.3. The van der Waals surface area contributed by atoms with Crippen molar-refractivity contribution in [2.24, 2.45) is 5.92 Å². The lowest BCUT2D eigenvalue weighted by atomic mass is 9.95. The second-order valence-corrected chi connectivity index (χ2v) is 14.5. The van der Waals surface area contributed by atoms with Crippen molar-refractivity contribution in [1.29, 1.82) is 0 Å². The van der Waals surface area contributed by atoms with Crippen LogP contribution >= 0.6 is 0 Å². The van der Waals surface area contributed by atoms with Crippen molar-refractivity contribution in [3.05, 3.63) is 102 Å². The molecule has 2 unspecified atom stereocenters. The second kappa shape index (κ2) is 8.29. The van der Waals surface area contributed by atoms with Gasteiger partial charge in [-0.1, -0.05) is 92.5 Å². The Morgan fingerprint density at radius 1 is 1.16 bits per heavy atom. The highest BCUT2D eigenvalue weighted by Crippen LogP contribution is 2.45. The van der Waals surface area contributed by atoms with Gasteiger partial charge in [0.05, 0.1) is 8.07 Å². The summed E-state index contributed by atoms with van der Waals surface area (Å²) in [5.74, 6) is 1.74. The molecule has 0 N–H and O–H groups in total. The SMILES string of the molecule is C=CCOc1c(C)cccc1[Si](C)(C)C1C=C(N2CC3=CC=CCC3C2)c2ccccc21. The van der Waals surface area contributed by atoms with Gasteiger partial charge in [0.25, 0.3) is 0 Å². The monoisotopic (exact) mass is 439 g/mol. The molecule has 2 aromatic carbocycles. The number of rotatable bonds is 6. The summed E-state index contributed by atoms with van der Waals surface area (Å²) in [6, 6.07) is 15.7. The van der Waals surface area contributed by atoms with Gasteiger partial charge in [0.2, 0.25) is 0 Å². The Labute approximate surface area is 193 Å². The van der Waals surface area contributed by atoms with Crippen molar-refractivity contribution < 1.29 is 4.74 Å². The average Bonchev–Trinajstić information content (AvgIpc) is 3.40. The van der Waals surface area contributed by atoms with E-state index in [0.717, 1.165) is 18.8 Å². The molecule has 32 heavy (non-hydrogen) atoms. The molecule has 0 radical (unpaired) electrons. The molecule has 0 spiro atoms. The molecule has 0 bridgehead atoms. The first-order valence-corrected chi connectivity index (χ1v) is 14.8. The number of para-hydroxylation sites is 1. The number of ether oxygens (including phenoxy) is 1. The van der Waals surface area contributed by atoms with Gasteiger partial charge in [-0.15, -0.1) is 0 Å². The zero-order valence-corrected chi connectivity index (χ0v) is 20.5. The van der Waals surface area contributed by atoms with Gasteiger partial charge in [-0.2, -0.15) is 0 Å². The average molecular weight is 440 g/mol. The summed E-state index contributed by atoms with van der Waals surface area (Å²) in [7, 11) is -1.94. The lowest BCUT2D eigenvalue weighted by molar-refractivity contribution is 0.363. The Bertz CT molecular complexity index is 1140. The van der Waals surface area contributed by atoms with Crippen LogP contribution in [0.15, 0.2) is 85.0 Å². The molecule has 2 nitrogen and oxygen atoms in total. The van der Waals surface area contributed by atoms with Crippen LogP contribution in [-0.2, 0) is 0 Å². The molecule has 2 aliphatic carbocycles. The minimum absolute atomic E-state index is 0.427. The third kappa shape index (κ3) is 3.49. The van der Waals surface area contributed by atoms with E-state index in [1.54, 1.807) is 5.57 Å². The van der Waals surface area contributed by atoms with Crippen LogP contribution in [0.3, 0.4) is 0 Å². The smallest absolute Gasteiger partial charge is 0.121 e. The van der Waals surface area contributed by atoms with Gasteiger partial charge in [0.1, 0.15) is 12.4 Å². The van der Waals surface area contributed by atoms with Crippen LogP contribution in [0.5, 0.6) is 5.75 Å². The molecule has 164 valence electrons. The maximum absolute atomic E-state index is 6.21. The summed E-state index contributed by atoms with van der Waals surface area (Å²) in [6.45, 7) is 13.7. The lowest BCUT2D eigenvalue weighted by Gasteiger charge is -2.32. The van der Waals surface area contributed by atoms with E-state index in [1.807, 2.05) is 6.08 Å². The Balaban J connectivity index is 1.55. The quantitative estimate of drug-likeness (QED) is 0.406. The summed E-state index contributed by atoms with van der Waals surface area (Å²) >= 11 is 0. The van der Waals surface area contributed by atoms with Gasteiger partial charge in [-0.3, -0.25) is 0 Å². The fraction of sp³-hybridized carbons (Fsp3) is 0.310. The highest BCUT2D eigenvalue weighted by molar-refractivity contribution is 6.92. The molecular weight excluding hydrogens is 406 g/mol. The first-order valence-electron chi connectivity index (χ1n) is 11.8. The van der Waals surface area contributed by atoms with E-state index in [4.69, 9.17) is 4.74 Å². The molecule has 1 saturated heterocycles. The Morgan fingerprint density at radius 2 is 2.00 bits per heavy atom. The predicted molar refractivity (Wildman–Crippen MR) is 138 cm³/mol. The number of nitrogens with zero attached hydrogens (tertiary/aromatic N) is 1.